The highest BCUT2D eigenvalue weighted by Crippen LogP contribution is 2.38. The number of nitrogens with one attached hydrogen (secondary N) is 1. The molecule has 0 heterocycles. The van der Waals surface area contributed by atoms with Gasteiger partial charge >= 0.3 is 0 Å². The zero-order valence-corrected chi connectivity index (χ0v) is 15.1. The molecule has 0 unspecified atom stereocenters. The van der Waals surface area contributed by atoms with Crippen LogP contribution in [0.4, 0.5) is 5.69 Å². The average Bonchev–Trinajstić information content (AvgIpc) is 2.47. The zero-order valence-electron chi connectivity index (χ0n) is 14.3. The van der Waals surface area contributed by atoms with Crippen LogP contribution in [0.25, 0.3) is 6.08 Å². The van der Waals surface area contributed by atoms with Crippen molar-refractivity contribution in [1.29, 1.82) is 0 Å². The first kappa shape index (κ1) is 17.8. The monoisotopic (exact) mass is 333 g/mol. The fraction of sp³-hybridized carbons (Fsp3) is 0.474. The molecule has 0 amide bonds. The highest BCUT2D eigenvalue weighted by Gasteiger charge is 2.34. The summed E-state index contributed by atoms with van der Waals surface area (Å²) in [7, 11) is -3.34. The molecule has 0 aliphatic heterocycles. The van der Waals surface area contributed by atoms with Gasteiger partial charge in [0.15, 0.2) is 0 Å². The van der Waals surface area contributed by atoms with Crippen LogP contribution in [0.3, 0.4) is 0 Å². The molecule has 3 nitrogen and oxygen atoms in total. The summed E-state index contributed by atoms with van der Waals surface area (Å²) in [6.07, 6.45) is 8.88. The number of allylic oxidation sites excluding steroid dienone is 2. The molecule has 0 atom stereocenters. The topological polar surface area (TPSA) is 46.2 Å². The lowest BCUT2D eigenvalue weighted by Crippen LogP contribution is -2.34. The number of hydrogen-bond donors (Lipinski definition) is 1. The third kappa shape index (κ3) is 4.47. The molecule has 2 rings (SSSR count). The molecule has 1 fully saturated rings. The van der Waals surface area contributed by atoms with Crippen molar-refractivity contribution in [1.82, 2.24) is 0 Å². The largest absolute Gasteiger partial charge is 0.283 e. The van der Waals surface area contributed by atoms with Gasteiger partial charge in [0.25, 0.3) is 0 Å². The van der Waals surface area contributed by atoms with Gasteiger partial charge in [-0.15, -0.1) is 0 Å². The Morgan fingerprint density at radius 2 is 1.91 bits per heavy atom. The summed E-state index contributed by atoms with van der Waals surface area (Å²) in [4.78, 5) is 0. The molecule has 1 aliphatic carbocycles. The van der Waals surface area contributed by atoms with Crippen molar-refractivity contribution in [3.05, 3.63) is 48.1 Å². The van der Waals surface area contributed by atoms with Gasteiger partial charge in [0.1, 0.15) is 0 Å². The van der Waals surface area contributed by atoms with E-state index < -0.39 is 10.0 Å². The van der Waals surface area contributed by atoms with E-state index in [9.17, 15) is 8.42 Å². The second-order valence-electron chi connectivity index (χ2n) is 7.13. The minimum atomic E-state index is -3.34. The Morgan fingerprint density at radius 1 is 1.26 bits per heavy atom. The summed E-state index contributed by atoms with van der Waals surface area (Å²) in [5, 5.41) is -0.290. The maximum absolute atomic E-state index is 12.7. The van der Waals surface area contributed by atoms with E-state index in [1.165, 1.54) is 0 Å². The normalized spacial score (nSPS) is 18.9. The number of rotatable bonds is 5. The summed E-state index contributed by atoms with van der Waals surface area (Å²) in [6.45, 7) is 10.0. The maximum atomic E-state index is 12.7. The number of benzene rings is 1. The predicted molar refractivity (Wildman–Crippen MR) is 99.0 cm³/mol. The standard InChI is InChI=1S/C19H27NO2S/c1-5-6-8-16-9-7-10-18(15(16)2)20-23(21,22)17-11-13-19(3,4)14-12-17/h5-10,17,20H,1,11-14H2,2-4H3. The Bertz CT molecular complexity index is 692. The van der Waals surface area contributed by atoms with E-state index >= 15 is 0 Å². The van der Waals surface area contributed by atoms with Gasteiger partial charge in [0.05, 0.1) is 10.9 Å². The molecule has 1 aromatic rings. The summed E-state index contributed by atoms with van der Waals surface area (Å²) in [5.74, 6) is 0. The molecule has 0 bridgehead atoms. The van der Waals surface area contributed by atoms with E-state index in [-0.39, 0.29) is 10.7 Å². The number of anilines is 1. The summed E-state index contributed by atoms with van der Waals surface area (Å²) < 4.78 is 28.2. The van der Waals surface area contributed by atoms with Gasteiger partial charge in [0.2, 0.25) is 10.0 Å². The summed E-state index contributed by atoms with van der Waals surface area (Å²) >= 11 is 0. The molecule has 1 aliphatic rings. The van der Waals surface area contributed by atoms with Crippen molar-refractivity contribution in [2.45, 2.75) is 51.7 Å². The second-order valence-corrected chi connectivity index (χ2v) is 9.09. The minimum absolute atomic E-state index is 0.261. The van der Waals surface area contributed by atoms with E-state index in [0.717, 1.165) is 36.8 Å². The number of sulfonamides is 1. The summed E-state index contributed by atoms with van der Waals surface area (Å²) in [5.41, 5.74) is 2.86. The van der Waals surface area contributed by atoms with Crippen molar-refractivity contribution >= 4 is 21.8 Å². The quantitative estimate of drug-likeness (QED) is 0.779. The molecular formula is C19H27NO2S. The van der Waals surface area contributed by atoms with E-state index in [0.29, 0.717) is 5.69 Å². The van der Waals surface area contributed by atoms with Gasteiger partial charge in [-0.1, -0.05) is 50.8 Å². The maximum Gasteiger partial charge on any atom is 0.235 e. The zero-order chi connectivity index (χ0) is 17.1. The van der Waals surface area contributed by atoms with Gasteiger partial charge in [0, 0.05) is 0 Å². The van der Waals surface area contributed by atoms with Crippen LogP contribution in [0.1, 0.15) is 50.7 Å². The van der Waals surface area contributed by atoms with E-state index in [1.807, 2.05) is 37.3 Å². The van der Waals surface area contributed by atoms with Gasteiger partial charge in [-0.25, -0.2) is 8.42 Å². The summed E-state index contributed by atoms with van der Waals surface area (Å²) in [6, 6.07) is 5.67. The van der Waals surface area contributed by atoms with Crippen LogP contribution >= 0.6 is 0 Å². The molecule has 1 saturated carbocycles. The molecular weight excluding hydrogens is 306 g/mol. The second kappa shape index (κ2) is 6.91. The molecule has 23 heavy (non-hydrogen) atoms. The first-order valence-corrected chi connectivity index (χ1v) is 9.70. The molecule has 1 aromatic carbocycles. The van der Waals surface area contributed by atoms with Gasteiger partial charge in [-0.05, 0) is 55.2 Å². The van der Waals surface area contributed by atoms with Crippen molar-refractivity contribution in [3.63, 3.8) is 0 Å². The highest BCUT2D eigenvalue weighted by molar-refractivity contribution is 7.93. The predicted octanol–water partition coefficient (Wildman–Crippen LogP) is 4.90. The smallest absolute Gasteiger partial charge is 0.235 e. The number of hydrogen-bond acceptors (Lipinski definition) is 2. The van der Waals surface area contributed by atoms with Crippen molar-refractivity contribution in [2.24, 2.45) is 5.41 Å². The fourth-order valence-electron chi connectivity index (χ4n) is 3.04. The van der Waals surface area contributed by atoms with Gasteiger partial charge in [-0.2, -0.15) is 0 Å². The first-order valence-electron chi connectivity index (χ1n) is 8.15. The van der Waals surface area contributed by atoms with Crippen molar-refractivity contribution in [3.8, 4) is 0 Å². The Labute approximate surface area is 140 Å². The van der Waals surface area contributed by atoms with Crippen LogP contribution in [0.2, 0.25) is 0 Å². The molecule has 0 spiro atoms. The minimum Gasteiger partial charge on any atom is -0.283 e. The molecule has 126 valence electrons. The highest BCUT2D eigenvalue weighted by atomic mass is 32.2. The third-order valence-corrected chi connectivity index (χ3v) is 6.62. The van der Waals surface area contributed by atoms with Crippen LogP contribution in [-0.2, 0) is 10.0 Å². The van der Waals surface area contributed by atoms with Crippen LogP contribution in [0.15, 0.2) is 36.9 Å². The first-order chi connectivity index (χ1) is 10.7. The molecule has 0 radical (unpaired) electrons. The van der Waals surface area contributed by atoms with Crippen molar-refractivity contribution in [2.75, 3.05) is 4.72 Å². The van der Waals surface area contributed by atoms with Crippen LogP contribution in [0, 0.1) is 12.3 Å². The van der Waals surface area contributed by atoms with Crippen LogP contribution in [0.5, 0.6) is 0 Å². The fourth-order valence-corrected chi connectivity index (χ4v) is 4.59. The van der Waals surface area contributed by atoms with E-state index in [1.54, 1.807) is 6.08 Å². The molecule has 0 aromatic heterocycles. The van der Waals surface area contributed by atoms with E-state index in [2.05, 4.69) is 25.1 Å². The SMILES string of the molecule is C=CC=Cc1cccc(NS(=O)(=O)C2CCC(C)(C)CC2)c1C. The van der Waals surface area contributed by atoms with Crippen LogP contribution in [-0.4, -0.2) is 13.7 Å². The van der Waals surface area contributed by atoms with Gasteiger partial charge < -0.3 is 0 Å². The van der Waals surface area contributed by atoms with Crippen LogP contribution < -0.4 is 4.72 Å². The average molecular weight is 333 g/mol. The van der Waals surface area contributed by atoms with Gasteiger partial charge in [-0.3, -0.25) is 4.72 Å². The third-order valence-electron chi connectivity index (χ3n) is 4.76. The molecule has 0 saturated heterocycles. The lowest BCUT2D eigenvalue weighted by atomic mass is 9.77. The lowest BCUT2D eigenvalue weighted by Gasteiger charge is -2.34. The Morgan fingerprint density at radius 3 is 2.52 bits per heavy atom. The Hall–Kier alpha value is -1.55. The molecule has 1 N–H and O–H groups in total. The van der Waals surface area contributed by atoms with Crippen molar-refractivity contribution < 1.29 is 8.42 Å². The van der Waals surface area contributed by atoms with E-state index in [4.69, 9.17) is 0 Å². The lowest BCUT2D eigenvalue weighted by molar-refractivity contribution is 0.246. The Kier molecular flexibility index (Phi) is 5.35. The Balaban J connectivity index is 2.18. The molecule has 4 heteroatoms.